The molecule has 3 amide bonds. The van der Waals surface area contributed by atoms with E-state index in [1.54, 1.807) is 41.3 Å². The Hall–Kier alpha value is -3.70. The molecule has 0 spiro atoms. The molecule has 1 aliphatic heterocycles. The molecule has 1 aliphatic rings. The second-order valence-corrected chi connectivity index (χ2v) is 9.02. The van der Waals surface area contributed by atoms with Gasteiger partial charge in [-0.3, -0.25) is 9.59 Å². The number of ether oxygens (including phenoxy) is 1. The minimum absolute atomic E-state index is 0.0742. The van der Waals surface area contributed by atoms with E-state index >= 15 is 0 Å². The van der Waals surface area contributed by atoms with Gasteiger partial charge in [0, 0.05) is 30.6 Å². The standard InChI is InChI=1S/C27H32N4O4/c1-19(2)16-24(30-27(34)31-12-14-35-15-13-31)26(33)29-23(18-28)17-20-8-10-22(11-9-20)25(32)21-6-4-3-5-7-21/h3-11,19,23-24H,12-17H2,1-2H3,(H,29,33)(H,30,34)/t23-,24-/m0/s1. The number of carbonyl (C=O) groups is 3. The number of morpholine rings is 1. The van der Waals surface area contributed by atoms with Crippen LogP contribution >= 0.6 is 0 Å². The second kappa shape index (κ2) is 12.7. The summed E-state index contributed by atoms with van der Waals surface area (Å²) in [5, 5.41) is 15.2. The van der Waals surface area contributed by atoms with Crippen LogP contribution in [0.5, 0.6) is 0 Å². The third-order valence-corrected chi connectivity index (χ3v) is 5.78. The number of amides is 3. The summed E-state index contributed by atoms with van der Waals surface area (Å²) in [7, 11) is 0. The van der Waals surface area contributed by atoms with Gasteiger partial charge in [0.15, 0.2) is 5.78 Å². The molecule has 184 valence electrons. The Morgan fingerprint density at radius 2 is 1.60 bits per heavy atom. The maximum Gasteiger partial charge on any atom is 0.318 e. The first-order valence-corrected chi connectivity index (χ1v) is 11.9. The molecule has 3 rings (SSSR count). The highest BCUT2D eigenvalue weighted by molar-refractivity contribution is 6.08. The number of ketones is 1. The first-order chi connectivity index (χ1) is 16.9. The van der Waals surface area contributed by atoms with Crippen LogP contribution < -0.4 is 10.6 Å². The van der Waals surface area contributed by atoms with E-state index in [-0.39, 0.29) is 30.1 Å². The van der Waals surface area contributed by atoms with Crippen LogP contribution in [0.4, 0.5) is 4.79 Å². The van der Waals surface area contributed by atoms with E-state index in [0.717, 1.165) is 5.56 Å². The molecule has 1 saturated heterocycles. The highest BCUT2D eigenvalue weighted by atomic mass is 16.5. The lowest BCUT2D eigenvalue weighted by atomic mass is 9.99. The number of nitrogens with one attached hydrogen (secondary N) is 2. The lowest BCUT2D eigenvalue weighted by Crippen LogP contribution is -2.55. The van der Waals surface area contributed by atoms with Gasteiger partial charge < -0.3 is 20.3 Å². The van der Waals surface area contributed by atoms with Gasteiger partial charge >= 0.3 is 6.03 Å². The largest absolute Gasteiger partial charge is 0.378 e. The molecular weight excluding hydrogens is 444 g/mol. The maximum absolute atomic E-state index is 13.0. The van der Waals surface area contributed by atoms with Crippen molar-refractivity contribution in [3.8, 4) is 6.07 Å². The van der Waals surface area contributed by atoms with Crippen molar-refractivity contribution in [2.75, 3.05) is 26.3 Å². The Morgan fingerprint density at radius 1 is 0.971 bits per heavy atom. The fourth-order valence-corrected chi connectivity index (χ4v) is 3.90. The smallest absolute Gasteiger partial charge is 0.318 e. The number of rotatable bonds is 9. The van der Waals surface area contributed by atoms with Crippen LogP contribution in [0.1, 0.15) is 41.8 Å². The molecule has 0 radical (unpaired) electrons. The van der Waals surface area contributed by atoms with Crippen molar-refractivity contribution in [1.82, 2.24) is 15.5 Å². The van der Waals surface area contributed by atoms with Crippen molar-refractivity contribution in [2.45, 2.75) is 38.8 Å². The van der Waals surface area contributed by atoms with Crippen LogP contribution in [0, 0.1) is 17.2 Å². The summed E-state index contributed by atoms with van der Waals surface area (Å²) in [5.41, 5.74) is 1.98. The fourth-order valence-electron chi connectivity index (χ4n) is 3.90. The van der Waals surface area contributed by atoms with Crippen molar-refractivity contribution in [2.24, 2.45) is 5.92 Å². The SMILES string of the molecule is CC(C)C[C@H](NC(=O)N1CCOCC1)C(=O)N[C@H](C#N)Cc1ccc(C(=O)c2ccccc2)cc1. The minimum atomic E-state index is -0.770. The van der Waals surface area contributed by atoms with E-state index < -0.39 is 12.1 Å². The summed E-state index contributed by atoms with van der Waals surface area (Å²) >= 11 is 0. The number of nitriles is 1. The summed E-state index contributed by atoms with van der Waals surface area (Å²) in [6.45, 7) is 5.85. The quantitative estimate of drug-likeness (QED) is 0.541. The van der Waals surface area contributed by atoms with Crippen LogP contribution in [-0.4, -0.2) is 61.0 Å². The first-order valence-electron chi connectivity index (χ1n) is 11.9. The molecule has 0 bridgehead atoms. The zero-order valence-electron chi connectivity index (χ0n) is 20.2. The first kappa shape index (κ1) is 25.9. The maximum atomic E-state index is 13.0. The zero-order chi connectivity index (χ0) is 25.2. The van der Waals surface area contributed by atoms with Gasteiger partial charge in [0.2, 0.25) is 5.91 Å². The van der Waals surface area contributed by atoms with Crippen molar-refractivity contribution in [3.05, 3.63) is 71.3 Å². The molecule has 8 heteroatoms. The van der Waals surface area contributed by atoms with Crippen LogP contribution in [-0.2, 0) is 16.0 Å². The molecule has 0 aromatic heterocycles. The van der Waals surface area contributed by atoms with E-state index in [1.807, 2.05) is 32.0 Å². The Bertz CT molecular complexity index is 1040. The van der Waals surface area contributed by atoms with Crippen molar-refractivity contribution in [1.29, 1.82) is 5.26 Å². The van der Waals surface area contributed by atoms with Gasteiger partial charge in [0.05, 0.1) is 19.3 Å². The van der Waals surface area contributed by atoms with E-state index in [2.05, 4.69) is 16.7 Å². The predicted octanol–water partition coefficient (Wildman–Crippen LogP) is 2.92. The number of benzene rings is 2. The Labute approximate surface area is 206 Å². The monoisotopic (exact) mass is 476 g/mol. The van der Waals surface area contributed by atoms with Crippen LogP contribution in [0.25, 0.3) is 0 Å². The third-order valence-electron chi connectivity index (χ3n) is 5.78. The van der Waals surface area contributed by atoms with Gasteiger partial charge in [-0.15, -0.1) is 0 Å². The summed E-state index contributed by atoms with van der Waals surface area (Å²) in [4.78, 5) is 39.8. The zero-order valence-corrected chi connectivity index (χ0v) is 20.2. The summed E-state index contributed by atoms with van der Waals surface area (Å²) in [5.74, 6) is -0.288. The summed E-state index contributed by atoms with van der Waals surface area (Å²) < 4.78 is 5.28. The predicted molar refractivity (Wildman–Crippen MR) is 132 cm³/mol. The topological polar surface area (TPSA) is 112 Å². The lowest BCUT2D eigenvalue weighted by molar-refractivity contribution is -0.123. The molecule has 8 nitrogen and oxygen atoms in total. The second-order valence-electron chi connectivity index (χ2n) is 9.02. The van der Waals surface area contributed by atoms with Gasteiger partial charge in [0.25, 0.3) is 0 Å². The van der Waals surface area contributed by atoms with Crippen molar-refractivity contribution < 1.29 is 19.1 Å². The van der Waals surface area contributed by atoms with Crippen LogP contribution in [0.2, 0.25) is 0 Å². The Morgan fingerprint density at radius 3 is 2.20 bits per heavy atom. The number of hydrogen-bond donors (Lipinski definition) is 2. The van der Waals surface area contributed by atoms with Crippen molar-refractivity contribution >= 4 is 17.7 Å². The average molecular weight is 477 g/mol. The normalized spacial score (nSPS) is 15.1. The molecule has 2 atom stereocenters. The number of nitrogens with zero attached hydrogens (tertiary/aromatic N) is 2. The van der Waals surface area contributed by atoms with Crippen LogP contribution in [0.15, 0.2) is 54.6 Å². The molecule has 0 aliphatic carbocycles. The summed E-state index contributed by atoms with van der Waals surface area (Å²) in [6.07, 6.45) is 0.740. The molecule has 2 aromatic rings. The van der Waals surface area contributed by atoms with Gasteiger partial charge in [-0.25, -0.2) is 4.79 Å². The fraction of sp³-hybridized carbons (Fsp3) is 0.407. The van der Waals surface area contributed by atoms with Crippen LogP contribution in [0.3, 0.4) is 0 Å². The molecule has 0 unspecified atom stereocenters. The highest BCUT2D eigenvalue weighted by Gasteiger charge is 2.27. The molecule has 1 fully saturated rings. The van der Waals surface area contributed by atoms with E-state index in [9.17, 15) is 19.6 Å². The van der Waals surface area contributed by atoms with Gasteiger partial charge in [-0.05, 0) is 17.9 Å². The number of hydrogen-bond acceptors (Lipinski definition) is 5. The molecule has 2 N–H and O–H groups in total. The number of carbonyl (C=O) groups excluding carboxylic acids is 3. The van der Waals surface area contributed by atoms with Gasteiger partial charge in [-0.2, -0.15) is 5.26 Å². The molecule has 1 heterocycles. The molecule has 0 saturated carbocycles. The number of urea groups is 1. The van der Waals surface area contributed by atoms with E-state index in [4.69, 9.17) is 4.74 Å². The lowest BCUT2D eigenvalue weighted by Gasteiger charge is -2.29. The van der Waals surface area contributed by atoms with Gasteiger partial charge in [-0.1, -0.05) is 68.4 Å². The minimum Gasteiger partial charge on any atom is -0.378 e. The third kappa shape index (κ3) is 7.66. The van der Waals surface area contributed by atoms with Crippen molar-refractivity contribution in [3.63, 3.8) is 0 Å². The van der Waals surface area contributed by atoms with E-state index in [1.165, 1.54) is 0 Å². The average Bonchev–Trinajstić information content (AvgIpc) is 2.88. The summed E-state index contributed by atoms with van der Waals surface area (Å²) in [6, 6.07) is 16.4. The van der Waals surface area contributed by atoms with Gasteiger partial charge in [0.1, 0.15) is 12.1 Å². The molecule has 2 aromatic carbocycles. The highest BCUT2D eigenvalue weighted by Crippen LogP contribution is 2.13. The Balaban J connectivity index is 1.61. The molecular formula is C27H32N4O4. The molecule has 35 heavy (non-hydrogen) atoms. The Kier molecular flexibility index (Phi) is 9.39. The van der Waals surface area contributed by atoms with E-state index in [0.29, 0.717) is 43.9 Å².